The molecule has 1 atom stereocenters. The normalized spacial score (nSPS) is 11.7. The van der Waals surface area contributed by atoms with Gasteiger partial charge in [0.25, 0.3) is 0 Å². The molecule has 0 fully saturated rings. The van der Waals surface area contributed by atoms with Crippen LogP contribution in [0.5, 0.6) is 0 Å². The molecule has 0 aliphatic rings. The second-order valence-corrected chi connectivity index (χ2v) is 4.94. The fraction of sp³-hybridized carbons (Fsp3) is 0.188. The molecule has 1 aromatic carbocycles. The van der Waals surface area contributed by atoms with Crippen molar-refractivity contribution in [1.29, 1.82) is 0 Å². The molecular formula is C16H14F2N2O3. The van der Waals surface area contributed by atoms with Crippen LogP contribution in [0.4, 0.5) is 8.78 Å². The third kappa shape index (κ3) is 4.84. The molecule has 0 unspecified atom stereocenters. The Hall–Kier alpha value is -2.83. The van der Waals surface area contributed by atoms with E-state index in [4.69, 9.17) is 0 Å². The van der Waals surface area contributed by atoms with E-state index in [0.29, 0.717) is 11.6 Å². The van der Waals surface area contributed by atoms with Crippen LogP contribution >= 0.6 is 0 Å². The van der Waals surface area contributed by atoms with Crippen molar-refractivity contribution in [2.24, 2.45) is 0 Å². The Morgan fingerprint density at radius 3 is 2.65 bits per heavy atom. The summed E-state index contributed by atoms with van der Waals surface area (Å²) in [4.78, 5) is 27.0. The molecule has 5 nitrogen and oxygen atoms in total. The minimum Gasteiger partial charge on any atom is -0.480 e. The van der Waals surface area contributed by atoms with Gasteiger partial charge in [0, 0.05) is 24.9 Å². The zero-order valence-electron chi connectivity index (χ0n) is 12.0. The van der Waals surface area contributed by atoms with Crippen LogP contribution in [0.3, 0.4) is 0 Å². The monoisotopic (exact) mass is 320 g/mol. The number of halogens is 2. The van der Waals surface area contributed by atoms with Gasteiger partial charge < -0.3 is 10.4 Å². The number of nitrogens with one attached hydrogen (secondary N) is 1. The number of carboxylic acid groups (broad SMARTS) is 1. The van der Waals surface area contributed by atoms with E-state index in [1.807, 2.05) is 0 Å². The van der Waals surface area contributed by atoms with Gasteiger partial charge in [-0.05, 0) is 23.3 Å². The molecule has 0 aliphatic carbocycles. The van der Waals surface area contributed by atoms with Crippen LogP contribution in [-0.2, 0) is 22.4 Å². The summed E-state index contributed by atoms with van der Waals surface area (Å²) in [6.07, 6.45) is 2.73. The van der Waals surface area contributed by atoms with Gasteiger partial charge in [-0.15, -0.1) is 0 Å². The Labute approximate surface area is 131 Å². The summed E-state index contributed by atoms with van der Waals surface area (Å²) < 4.78 is 26.5. The minimum atomic E-state index is -1.31. The van der Waals surface area contributed by atoms with Crippen molar-refractivity contribution in [2.75, 3.05) is 0 Å². The largest absolute Gasteiger partial charge is 0.480 e. The second kappa shape index (κ2) is 7.44. The van der Waals surface area contributed by atoms with Crippen LogP contribution in [0.15, 0.2) is 42.7 Å². The predicted molar refractivity (Wildman–Crippen MR) is 77.6 cm³/mol. The van der Waals surface area contributed by atoms with Gasteiger partial charge in [0.1, 0.15) is 17.7 Å². The number of hydrogen-bond donors (Lipinski definition) is 2. The fourth-order valence-electron chi connectivity index (χ4n) is 2.04. The van der Waals surface area contributed by atoms with Crippen molar-refractivity contribution >= 4 is 11.9 Å². The van der Waals surface area contributed by atoms with Crippen molar-refractivity contribution in [1.82, 2.24) is 10.3 Å². The number of pyridine rings is 1. The van der Waals surface area contributed by atoms with E-state index in [1.165, 1.54) is 6.20 Å². The molecule has 1 heterocycles. The van der Waals surface area contributed by atoms with Gasteiger partial charge in [0.15, 0.2) is 0 Å². The topological polar surface area (TPSA) is 79.3 Å². The number of nitrogens with zero attached hydrogens (tertiary/aromatic N) is 1. The van der Waals surface area contributed by atoms with Crippen molar-refractivity contribution in [3.8, 4) is 0 Å². The van der Waals surface area contributed by atoms with Crippen molar-refractivity contribution in [3.63, 3.8) is 0 Å². The third-order valence-corrected chi connectivity index (χ3v) is 3.16. The molecule has 23 heavy (non-hydrogen) atoms. The molecule has 2 N–H and O–H groups in total. The zero-order chi connectivity index (χ0) is 16.8. The summed E-state index contributed by atoms with van der Waals surface area (Å²) in [5.41, 5.74) is 0.641. The first-order valence-corrected chi connectivity index (χ1v) is 6.80. The lowest BCUT2D eigenvalue weighted by atomic mass is 10.0. The molecule has 1 amide bonds. The highest BCUT2D eigenvalue weighted by Crippen LogP contribution is 2.12. The van der Waals surface area contributed by atoms with Crippen LogP contribution < -0.4 is 5.32 Å². The average molecular weight is 320 g/mol. The van der Waals surface area contributed by atoms with Gasteiger partial charge in [-0.2, -0.15) is 0 Å². The Morgan fingerprint density at radius 2 is 2.04 bits per heavy atom. The summed E-state index contributed by atoms with van der Waals surface area (Å²) in [7, 11) is 0. The molecule has 0 spiro atoms. The van der Waals surface area contributed by atoms with Gasteiger partial charge >= 0.3 is 5.97 Å². The lowest BCUT2D eigenvalue weighted by Crippen LogP contribution is -2.43. The molecule has 0 saturated carbocycles. The van der Waals surface area contributed by atoms with Gasteiger partial charge in [-0.25, -0.2) is 13.6 Å². The number of carboxylic acids is 1. The molecule has 7 heteroatoms. The van der Waals surface area contributed by atoms with Crippen LogP contribution in [0, 0.1) is 11.6 Å². The quantitative estimate of drug-likeness (QED) is 0.849. The molecule has 2 aromatic rings. The van der Waals surface area contributed by atoms with Gasteiger partial charge in [-0.1, -0.05) is 12.1 Å². The summed E-state index contributed by atoms with van der Waals surface area (Å²) in [6, 6.07) is 4.90. The van der Waals surface area contributed by atoms with E-state index < -0.39 is 29.6 Å². The molecule has 0 saturated heterocycles. The maximum Gasteiger partial charge on any atom is 0.326 e. The number of aliphatic carboxylic acids is 1. The first-order valence-electron chi connectivity index (χ1n) is 6.80. The lowest BCUT2D eigenvalue weighted by Gasteiger charge is -2.15. The fourth-order valence-corrected chi connectivity index (χ4v) is 2.04. The summed E-state index contributed by atoms with van der Waals surface area (Å²) >= 11 is 0. The van der Waals surface area contributed by atoms with Crippen LogP contribution in [0.25, 0.3) is 0 Å². The first kappa shape index (κ1) is 16.5. The molecule has 0 bridgehead atoms. The van der Waals surface area contributed by atoms with Gasteiger partial charge in [0.2, 0.25) is 5.91 Å². The standard InChI is InChI=1S/C16H14F2N2O3/c17-12-4-3-11(13(18)8-12)7-14(16(22)23)20-15(21)6-10-2-1-5-19-9-10/h1-5,8-9,14H,6-7H2,(H,20,21)(H,22,23)/t14-/m1/s1. The number of aromatic nitrogens is 1. The SMILES string of the molecule is O=C(Cc1cccnc1)N[C@H](Cc1ccc(F)cc1F)C(=O)O. The summed E-state index contributed by atoms with van der Waals surface area (Å²) in [5, 5.41) is 11.5. The van der Waals surface area contributed by atoms with Crippen molar-refractivity contribution in [2.45, 2.75) is 18.9 Å². The summed E-state index contributed by atoms with van der Waals surface area (Å²) in [5.74, 6) is -3.42. The van der Waals surface area contributed by atoms with Crippen molar-refractivity contribution < 1.29 is 23.5 Å². The number of amides is 1. The highest BCUT2D eigenvalue weighted by Gasteiger charge is 2.22. The van der Waals surface area contributed by atoms with E-state index in [9.17, 15) is 23.5 Å². The zero-order valence-corrected chi connectivity index (χ0v) is 12.0. The van der Waals surface area contributed by atoms with Gasteiger partial charge in [0.05, 0.1) is 6.42 Å². The maximum atomic E-state index is 13.6. The highest BCUT2D eigenvalue weighted by molar-refractivity contribution is 5.85. The van der Waals surface area contributed by atoms with Gasteiger partial charge in [-0.3, -0.25) is 9.78 Å². The molecule has 0 radical (unpaired) electrons. The third-order valence-electron chi connectivity index (χ3n) is 3.16. The number of carbonyl (C=O) groups excluding carboxylic acids is 1. The highest BCUT2D eigenvalue weighted by atomic mass is 19.1. The summed E-state index contributed by atoms with van der Waals surface area (Å²) in [6.45, 7) is 0. The molecule has 0 aliphatic heterocycles. The number of hydrogen-bond acceptors (Lipinski definition) is 3. The minimum absolute atomic E-state index is 0.0143. The van der Waals surface area contributed by atoms with Crippen LogP contribution in [0.2, 0.25) is 0 Å². The second-order valence-electron chi connectivity index (χ2n) is 4.94. The Balaban J connectivity index is 2.04. The van der Waals surface area contributed by atoms with E-state index in [1.54, 1.807) is 18.3 Å². The first-order chi connectivity index (χ1) is 11.0. The smallest absolute Gasteiger partial charge is 0.326 e. The predicted octanol–water partition coefficient (Wildman–Crippen LogP) is 1.71. The maximum absolute atomic E-state index is 13.6. The Bertz CT molecular complexity index is 708. The molecule has 1 aromatic heterocycles. The van der Waals surface area contributed by atoms with Crippen LogP contribution in [0.1, 0.15) is 11.1 Å². The number of carbonyl (C=O) groups is 2. The Kier molecular flexibility index (Phi) is 5.35. The number of benzene rings is 1. The number of rotatable bonds is 6. The molecular weight excluding hydrogens is 306 g/mol. The molecule has 2 rings (SSSR count). The van der Waals surface area contributed by atoms with E-state index >= 15 is 0 Å². The molecule has 120 valence electrons. The van der Waals surface area contributed by atoms with E-state index in [-0.39, 0.29) is 18.4 Å². The average Bonchev–Trinajstić information content (AvgIpc) is 2.50. The van der Waals surface area contributed by atoms with E-state index in [0.717, 1.165) is 12.1 Å². The van der Waals surface area contributed by atoms with E-state index in [2.05, 4.69) is 10.3 Å². The van der Waals surface area contributed by atoms with Crippen molar-refractivity contribution in [3.05, 3.63) is 65.5 Å². The van der Waals surface area contributed by atoms with Crippen LogP contribution in [-0.4, -0.2) is 28.0 Å². The lowest BCUT2D eigenvalue weighted by molar-refractivity contribution is -0.141. The Morgan fingerprint density at radius 1 is 1.26 bits per heavy atom.